The van der Waals surface area contributed by atoms with Gasteiger partial charge in [0.25, 0.3) is 0 Å². The van der Waals surface area contributed by atoms with Crippen LogP contribution < -0.4 is 0 Å². The summed E-state index contributed by atoms with van der Waals surface area (Å²) in [5.41, 5.74) is 0.182. The van der Waals surface area contributed by atoms with Gasteiger partial charge in [-0.05, 0) is 32.3 Å². The Labute approximate surface area is 167 Å². The van der Waals surface area contributed by atoms with Crippen LogP contribution in [0.3, 0.4) is 0 Å². The monoisotopic (exact) mass is 392 g/mol. The number of hydrogen-bond donors (Lipinski definition) is 0. The molecule has 6 heteroatoms. The van der Waals surface area contributed by atoms with E-state index in [4.69, 9.17) is 18.9 Å². The van der Waals surface area contributed by atoms with Crippen molar-refractivity contribution in [1.29, 1.82) is 0 Å². The molecule has 2 aliphatic heterocycles. The molecule has 5 atom stereocenters. The average Bonchev–Trinajstić information content (AvgIpc) is 2.70. The van der Waals surface area contributed by atoms with Crippen LogP contribution >= 0.6 is 0 Å². The van der Waals surface area contributed by atoms with Crippen molar-refractivity contribution >= 4 is 11.9 Å². The summed E-state index contributed by atoms with van der Waals surface area (Å²) in [6, 6.07) is 0. The molecule has 0 unspecified atom stereocenters. The number of rotatable bonds is 3. The molecular weight excluding hydrogens is 360 g/mol. The van der Waals surface area contributed by atoms with Gasteiger partial charge in [-0.3, -0.25) is 9.59 Å². The topological polar surface area (TPSA) is 71.1 Å². The highest BCUT2D eigenvalue weighted by Crippen LogP contribution is 2.61. The van der Waals surface area contributed by atoms with E-state index >= 15 is 0 Å². The van der Waals surface area contributed by atoms with Gasteiger partial charge in [-0.1, -0.05) is 39.5 Å². The molecular formula is C22H32O6. The molecule has 3 fully saturated rings. The lowest BCUT2D eigenvalue weighted by Crippen LogP contribution is -2.61. The molecule has 2 heterocycles. The zero-order valence-electron chi connectivity index (χ0n) is 17.8. The number of esters is 2. The van der Waals surface area contributed by atoms with Crippen molar-refractivity contribution in [2.45, 2.75) is 65.0 Å². The molecule has 156 valence electrons. The molecule has 28 heavy (non-hydrogen) atoms. The highest BCUT2D eigenvalue weighted by atomic mass is 16.7. The summed E-state index contributed by atoms with van der Waals surface area (Å²) in [7, 11) is 1.37. The number of carbonyl (C=O) groups is 2. The van der Waals surface area contributed by atoms with Gasteiger partial charge in [-0.2, -0.15) is 0 Å². The minimum Gasteiger partial charge on any atom is -0.469 e. The third-order valence-electron chi connectivity index (χ3n) is 6.94. The maximum atomic E-state index is 12.8. The van der Waals surface area contributed by atoms with E-state index in [0.29, 0.717) is 12.8 Å². The second kappa shape index (κ2) is 6.70. The van der Waals surface area contributed by atoms with Crippen LogP contribution in [0, 0.1) is 23.2 Å². The maximum absolute atomic E-state index is 12.8. The van der Waals surface area contributed by atoms with Crippen molar-refractivity contribution in [2.75, 3.05) is 13.7 Å². The Balaban J connectivity index is 2.15. The summed E-state index contributed by atoms with van der Waals surface area (Å²) in [5, 5.41) is 0. The van der Waals surface area contributed by atoms with Gasteiger partial charge in [0.2, 0.25) is 0 Å². The van der Waals surface area contributed by atoms with Gasteiger partial charge in [0.1, 0.15) is 11.7 Å². The maximum Gasteiger partial charge on any atom is 0.314 e. The molecule has 2 bridgehead atoms. The van der Waals surface area contributed by atoms with Crippen LogP contribution in [0.15, 0.2) is 24.3 Å². The molecule has 0 aromatic carbocycles. The summed E-state index contributed by atoms with van der Waals surface area (Å²) in [4.78, 5) is 25.3. The Kier molecular flexibility index (Phi) is 5.04. The lowest BCUT2D eigenvalue weighted by atomic mass is 9.56. The summed E-state index contributed by atoms with van der Waals surface area (Å²) in [6.45, 7) is 18.1. The zero-order chi connectivity index (χ0) is 21.1. The van der Waals surface area contributed by atoms with Gasteiger partial charge in [-0.25, -0.2) is 0 Å². The van der Waals surface area contributed by atoms with Gasteiger partial charge in [0.15, 0.2) is 5.79 Å². The number of hydrogen-bond acceptors (Lipinski definition) is 6. The fourth-order valence-electron chi connectivity index (χ4n) is 5.34. The smallest absolute Gasteiger partial charge is 0.314 e. The van der Waals surface area contributed by atoms with Crippen LogP contribution in [0.5, 0.6) is 0 Å². The molecule has 0 aromatic heterocycles. The van der Waals surface area contributed by atoms with Gasteiger partial charge < -0.3 is 18.9 Å². The number of methoxy groups -OCH3 is 1. The van der Waals surface area contributed by atoms with Crippen LogP contribution in [0.1, 0.15) is 47.5 Å². The first-order valence-corrected chi connectivity index (χ1v) is 9.86. The summed E-state index contributed by atoms with van der Waals surface area (Å²) < 4.78 is 23.5. The van der Waals surface area contributed by atoms with Gasteiger partial charge in [-0.15, -0.1) is 0 Å². The predicted octanol–water partition coefficient (Wildman–Crippen LogP) is 3.41. The third kappa shape index (κ3) is 2.92. The second-order valence-electron chi connectivity index (χ2n) is 9.35. The summed E-state index contributed by atoms with van der Waals surface area (Å²) >= 11 is 0. The molecule has 0 aromatic rings. The Morgan fingerprint density at radius 2 is 1.86 bits per heavy atom. The van der Waals surface area contributed by atoms with Crippen LogP contribution in [0.2, 0.25) is 0 Å². The van der Waals surface area contributed by atoms with Crippen molar-refractivity contribution in [2.24, 2.45) is 23.2 Å². The van der Waals surface area contributed by atoms with Crippen LogP contribution in [-0.4, -0.2) is 43.1 Å². The normalized spacial score (nSPS) is 37.8. The van der Waals surface area contributed by atoms with Crippen molar-refractivity contribution in [3.8, 4) is 0 Å². The van der Waals surface area contributed by atoms with Crippen molar-refractivity contribution in [1.82, 2.24) is 0 Å². The van der Waals surface area contributed by atoms with Gasteiger partial charge in [0.05, 0.1) is 25.6 Å². The van der Waals surface area contributed by atoms with E-state index in [2.05, 4.69) is 13.2 Å². The molecule has 6 nitrogen and oxygen atoms in total. The fraction of sp³-hybridized carbons (Fsp3) is 0.727. The first-order valence-electron chi connectivity index (χ1n) is 9.86. The molecule has 1 aliphatic carbocycles. The van der Waals surface area contributed by atoms with Gasteiger partial charge >= 0.3 is 11.9 Å². The van der Waals surface area contributed by atoms with E-state index in [1.807, 2.05) is 27.7 Å². The first kappa shape index (κ1) is 21.1. The largest absolute Gasteiger partial charge is 0.469 e. The highest BCUT2D eigenvalue weighted by Gasteiger charge is 2.70. The lowest BCUT2D eigenvalue weighted by Gasteiger charge is -2.52. The third-order valence-corrected chi connectivity index (χ3v) is 6.94. The lowest BCUT2D eigenvalue weighted by molar-refractivity contribution is -0.277. The Hall–Kier alpha value is -1.66. The molecule has 0 N–H and O–H groups in total. The highest BCUT2D eigenvalue weighted by molar-refractivity contribution is 5.81. The van der Waals surface area contributed by atoms with Crippen molar-refractivity contribution in [3.05, 3.63) is 24.3 Å². The molecule has 3 aliphatic rings. The van der Waals surface area contributed by atoms with Gasteiger partial charge in [0, 0.05) is 11.3 Å². The predicted molar refractivity (Wildman–Crippen MR) is 103 cm³/mol. The molecule has 0 radical (unpaired) electrons. The Morgan fingerprint density at radius 1 is 1.21 bits per heavy atom. The first-order chi connectivity index (χ1) is 12.9. The van der Waals surface area contributed by atoms with Crippen LogP contribution in [0.25, 0.3) is 0 Å². The zero-order valence-corrected chi connectivity index (χ0v) is 17.8. The van der Waals surface area contributed by atoms with E-state index < -0.39 is 34.7 Å². The number of fused-ring (bicyclic) bond motifs is 2. The minimum absolute atomic E-state index is 0.260. The van der Waals surface area contributed by atoms with E-state index in [-0.39, 0.29) is 24.5 Å². The number of ether oxygens (including phenoxy) is 4. The SMILES string of the molecule is C=C1COC(C)(C)O[C@H]([C@@]23CCC(=C)[C@@H](C(=O)O2)C3(C)C)[C@H]1[C@H](C)C(=O)OC. The molecule has 1 saturated carbocycles. The second-order valence-corrected chi connectivity index (χ2v) is 9.35. The summed E-state index contributed by atoms with van der Waals surface area (Å²) in [5.74, 6) is -2.86. The quantitative estimate of drug-likeness (QED) is 0.541. The molecule has 0 amide bonds. The summed E-state index contributed by atoms with van der Waals surface area (Å²) in [6.07, 6.45) is 0.662. The van der Waals surface area contributed by atoms with Crippen LogP contribution in [0.4, 0.5) is 0 Å². The molecule has 3 rings (SSSR count). The standard InChI is InChI=1S/C22H32O6/c1-12-9-10-22(20(4,5)16(12)19(24)28-22)17-15(14(3)18(23)25-8)13(2)11-26-21(6,7)27-17/h14-17H,1-2,9-11H2,3-8H3/t14-,15+,16-,17-,22+/m0/s1. The molecule has 0 spiro atoms. The van der Waals surface area contributed by atoms with Crippen LogP contribution in [-0.2, 0) is 28.5 Å². The van der Waals surface area contributed by atoms with Crippen molar-refractivity contribution in [3.63, 3.8) is 0 Å². The van der Waals surface area contributed by atoms with Crippen molar-refractivity contribution < 1.29 is 28.5 Å². The fourth-order valence-corrected chi connectivity index (χ4v) is 5.34. The van der Waals surface area contributed by atoms with E-state index in [1.165, 1.54) is 7.11 Å². The minimum atomic E-state index is -0.915. The van der Waals surface area contributed by atoms with E-state index in [1.54, 1.807) is 6.92 Å². The van der Waals surface area contributed by atoms with E-state index in [9.17, 15) is 9.59 Å². The Morgan fingerprint density at radius 3 is 2.46 bits per heavy atom. The van der Waals surface area contributed by atoms with E-state index in [0.717, 1.165) is 11.1 Å². The Bertz CT molecular complexity index is 721. The molecule has 2 saturated heterocycles. The average molecular weight is 392 g/mol. The number of carbonyl (C=O) groups excluding carboxylic acids is 2.